The van der Waals surface area contributed by atoms with Gasteiger partial charge in [-0.2, -0.15) is 0 Å². The topological polar surface area (TPSA) is 48.0 Å². The largest absolute Gasteiger partial charge is 0.496 e. The van der Waals surface area contributed by atoms with Crippen LogP contribution < -0.4 is 19.1 Å². The third-order valence-corrected chi connectivity index (χ3v) is 3.66. The van der Waals surface area contributed by atoms with E-state index >= 15 is 0 Å². The standard InChI is InChI=1S/C18H21NO4/c1-19(14-9-10-16(22-3)17(12-14)23-4)18(20)11-13-7-5-6-8-15(13)21-2/h5-10,12H,11H2,1-4H3. The summed E-state index contributed by atoms with van der Waals surface area (Å²) in [4.78, 5) is 14.1. The van der Waals surface area contributed by atoms with Gasteiger partial charge in [-0.25, -0.2) is 0 Å². The van der Waals surface area contributed by atoms with Crippen LogP contribution in [0.2, 0.25) is 0 Å². The highest BCUT2D eigenvalue weighted by molar-refractivity contribution is 5.94. The monoisotopic (exact) mass is 315 g/mol. The first-order valence-corrected chi connectivity index (χ1v) is 7.21. The van der Waals surface area contributed by atoms with E-state index in [-0.39, 0.29) is 12.3 Å². The van der Waals surface area contributed by atoms with E-state index in [0.29, 0.717) is 17.2 Å². The van der Waals surface area contributed by atoms with E-state index in [4.69, 9.17) is 14.2 Å². The molecule has 5 nitrogen and oxygen atoms in total. The molecule has 2 rings (SSSR count). The highest BCUT2D eigenvalue weighted by atomic mass is 16.5. The minimum atomic E-state index is -0.0401. The summed E-state index contributed by atoms with van der Waals surface area (Å²) >= 11 is 0. The fraction of sp³-hybridized carbons (Fsp3) is 0.278. The minimum Gasteiger partial charge on any atom is -0.496 e. The molecule has 23 heavy (non-hydrogen) atoms. The van der Waals surface area contributed by atoms with Gasteiger partial charge in [0.05, 0.1) is 27.8 Å². The van der Waals surface area contributed by atoms with Gasteiger partial charge >= 0.3 is 0 Å². The van der Waals surface area contributed by atoms with Crippen molar-refractivity contribution in [2.24, 2.45) is 0 Å². The number of rotatable bonds is 6. The van der Waals surface area contributed by atoms with Crippen LogP contribution in [-0.4, -0.2) is 34.3 Å². The Balaban J connectivity index is 2.19. The van der Waals surface area contributed by atoms with Gasteiger partial charge in [0, 0.05) is 24.4 Å². The Morgan fingerprint density at radius 1 is 0.913 bits per heavy atom. The maximum Gasteiger partial charge on any atom is 0.231 e. The van der Waals surface area contributed by atoms with Gasteiger partial charge in [0.15, 0.2) is 11.5 Å². The molecule has 0 aliphatic carbocycles. The van der Waals surface area contributed by atoms with Crippen LogP contribution in [-0.2, 0) is 11.2 Å². The lowest BCUT2D eigenvalue weighted by Crippen LogP contribution is -2.28. The fourth-order valence-corrected chi connectivity index (χ4v) is 2.31. The molecule has 5 heteroatoms. The predicted octanol–water partition coefficient (Wildman–Crippen LogP) is 2.92. The number of ether oxygens (including phenoxy) is 3. The molecule has 0 bridgehead atoms. The van der Waals surface area contributed by atoms with Crippen molar-refractivity contribution in [3.8, 4) is 17.2 Å². The molecule has 122 valence electrons. The Morgan fingerprint density at radius 3 is 2.22 bits per heavy atom. The van der Waals surface area contributed by atoms with Crippen molar-refractivity contribution < 1.29 is 19.0 Å². The van der Waals surface area contributed by atoms with E-state index < -0.39 is 0 Å². The molecule has 0 heterocycles. The zero-order valence-corrected chi connectivity index (χ0v) is 13.8. The van der Waals surface area contributed by atoms with Gasteiger partial charge in [-0.1, -0.05) is 18.2 Å². The van der Waals surface area contributed by atoms with Crippen molar-refractivity contribution in [1.82, 2.24) is 0 Å². The zero-order chi connectivity index (χ0) is 16.8. The van der Waals surface area contributed by atoms with Gasteiger partial charge < -0.3 is 19.1 Å². The molecule has 1 amide bonds. The van der Waals surface area contributed by atoms with Crippen molar-refractivity contribution in [2.75, 3.05) is 33.3 Å². The maximum atomic E-state index is 12.5. The van der Waals surface area contributed by atoms with Gasteiger partial charge in [0.2, 0.25) is 5.91 Å². The number of carbonyl (C=O) groups excluding carboxylic acids is 1. The first kappa shape index (κ1) is 16.7. The van der Waals surface area contributed by atoms with Gasteiger partial charge in [0.1, 0.15) is 5.75 Å². The van der Waals surface area contributed by atoms with Crippen LogP contribution in [0.5, 0.6) is 17.2 Å². The van der Waals surface area contributed by atoms with Crippen LogP contribution in [0.3, 0.4) is 0 Å². The zero-order valence-electron chi connectivity index (χ0n) is 13.8. The first-order valence-electron chi connectivity index (χ1n) is 7.21. The molecule has 0 N–H and O–H groups in total. The number of methoxy groups -OCH3 is 3. The van der Waals surface area contributed by atoms with Crippen molar-refractivity contribution in [2.45, 2.75) is 6.42 Å². The van der Waals surface area contributed by atoms with Crippen molar-refractivity contribution in [1.29, 1.82) is 0 Å². The maximum absolute atomic E-state index is 12.5. The van der Waals surface area contributed by atoms with E-state index in [1.807, 2.05) is 30.3 Å². The van der Waals surface area contributed by atoms with E-state index in [1.165, 1.54) is 0 Å². The van der Waals surface area contributed by atoms with Crippen LogP contribution in [0.4, 0.5) is 5.69 Å². The third-order valence-electron chi connectivity index (χ3n) is 3.66. The number of hydrogen-bond donors (Lipinski definition) is 0. The second-order valence-electron chi connectivity index (χ2n) is 4.98. The highest BCUT2D eigenvalue weighted by Crippen LogP contribution is 2.31. The number of hydrogen-bond acceptors (Lipinski definition) is 4. The van der Waals surface area contributed by atoms with Crippen LogP contribution in [0.1, 0.15) is 5.56 Å². The lowest BCUT2D eigenvalue weighted by Gasteiger charge is -2.19. The number of carbonyl (C=O) groups is 1. The Labute approximate surface area is 136 Å². The van der Waals surface area contributed by atoms with E-state index in [0.717, 1.165) is 11.3 Å². The summed E-state index contributed by atoms with van der Waals surface area (Å²) in [6.07, 6.45) is 0.259. The summed E-state index contributed by atoms with van der Waals surface area (Å²) < 4.78 is 15.8. The number of benzene rings is 2. The molecule has 0 aliphatic rings. The summed E-state index contributed by atoms with van der Waals surface area (Å²) in [7, 11) is 6.48. The Bertz CT molecular complexity index is 684. The van der Waals surface area contributed by atoms with Crippen molar-refractivity contribution in [3.63, 3.8) is 0 Å². The number of anilines is 1. The van der Waals surface area contributed by atoms with Gasteiger partial charge in [-0.3, -0.25) is 4.79 Å². The molecule has 0 aliphatic heterocycles. The second kappa shape index (κ2) is 7.54. The molecule has 0 fully saturated rings. The van der Waals surface area contributed by atoms with Crippen LogP contribution in [0.15, 0.2) is 42.5 Å². The summed E-state index contributed by atoms with van der Waals surface area (Å²) in [5.41, 5.74) is 1.59. The lowest BCUT2D eigenvalue weighted by molar-refractivity contribution is -0.117. The molecular formula is C18H21NO4. The molecule has 0 spiro atoms. The predicted molar refractivity (Wildman–Crippen MR) is 89.7 cm³/mol. The van der Waals surface area contributed by atoms with E-state index in [2.05, 4.69) is 0 Å². The molecule has 0 aromatic heterocycles. The minimum absolute atomic E-state index is 0.0401. The number of para-hydroxylation sites is 1. The first-order chi connectivity index (χ1) is 11.1. The third kappa shape index (κ3) is 3.74. The lowest BCUT2D eigenvalue weighted by atomic mass is 10.1. The normalized spacial score (nSPS) is 10.1. The summed E-state index contributed by atoms with van der Waals surface area (Å²) in [6.45, 7) is 0. The average Bonchev–Trinajstić information content (AvgIpc) is 2.60. The number of amides is 1. The van der Waals surface area contributed by atoms with Crippen LogP contribution >= 0.6 is 0 Å². The summed E-state index contributed by atoms with van der Waals surface area (Å²) in [5.74, 6) is 1.88. The molecule has 0 saturated carbocycles. The number of likely N-dealkylation sites (N-methyl/N-ethyl adjacent to an activating group) is 1. The molecule has 2 aromatic carbocycles. The molecule has 2 aromatic rings. The number of nitrogens with zero attached hydrogens (tertiary/aromatic N) is 1. The van der Waals surface area contributed by atoms with Crippen molar-refractivity contribution >= 4 is 11.6 Å². The molecule has 0 unspecified atom stereocenters. The van der Waals surface area contributed by atoms with E-state index in [1.54, 1.807) is 45.4 Å². The molecular weight excluding hydrogens is 294 g/mol. The molecule has 0 atom stereocenters. The van der Waals surface area contributed by atoms with Gasteiger partial charge in [-0.05, 0) is 18.2 Å². The quantitative estimate of drug-likeness (QED) is 0.822. The summed E-state index contributed by atoms with van der Waals surface area (Å²) in [6, 6.07) is 12.9. The van der Waals surface area contributed by atoms with Crippen LogP contribution in [0.25, 0.3) is 0 Å². The Kier molecular flexibility index (Phi) is 5.46. The second-order valence-corrected chi connectivity index (χ2v) is 4.98. The van der Waals surface area contributed by atoms with Crippen LogP contribution in [0, 0.1) is 0 Å². The smallest absolute Gasteiger partial charge is 0.231 e. The summed E-state index contributed by atoms with van der Waals surface area (Å²) in [5, 5.41) is 0. The Hall–Kier alpha value is -2.69. The SMILES string of the molecule is COc1ccccc1CC(=O)N(C)c1ccc(OC)c(OC)c1. The Morgan fingerprint density at radius 2 is 1.57 bits per heavy atom. The fourth-order valence-electron chi connectivity index (χ4n) is 2.31. The molecule has 0 radical (unpaired) electrons. The van der Waals surface area contributed by atoms with Gasteiger partial charge in [-0.15, -0.1) is 0 Å². The highest BCUT2D eigenvalue weighted by Gasteiger charge is 2.16. The van der Waals surface area contributed by atoms with Gasteiger partial charge in [0.25, 0.3) is 0 Å². The van der Waals surface area contributed by atoms with E-state index in [9.17, 15) is 4.79 Å². The average molecular weight is 315 g/mol. The van der Waals surface area contributed by atoms with Crippen molar-refractivity contribution in [3.05, 3.63) is 48.0 Å². The molecule has 0 saturated heterocycles.